The van der Waals surface area contributed by atoms with Crippen LogP contribution in [0.2, 0.25) is 0 Å². The van der Waals surface area contributed by atoms with E-state index in [0.29, 0.717) is 11.3 Å². The van der Waals surface area contributed by atoms with Crippen LogP contribution in [-0.2, 0) is 14.6 Å². The Hall–Kier alpha value is -3.07. The average Bonchev–Trinajstić information content (AvgIpc) is 2.75. The van der Waals surface area contributed by atoms with Crippen LogP contribution in [0.3, 0.4) is 0 Å². The molecule has 1 N–H and O–H groups in total. The number of carbonyl (C=O) groups is 1. The number of piperidine rings is 1. The van der Waals surface area contributed by atoms with Gasteiger partial charge in [-0.2, -0.15) is 0 Å². The minimum Gasteiger partial charge on any atom is -0.356 e. The molecule has 1 fully saturated rings. The number of anilines is 2. The summed E-state index contributed by atoms with van der Waals surface area (Å²) in [5.74, 6) is -1.80. The molecule has 1 aromatic heterocycles. The highest BCUT2D eigenvalue weighted by Crippen LogP contribution is 2.27. The van der Waals surface area contributed by atoms with Gasteiger partial charge in [-0.25, -0.2) is 22.8 Å². The number of hydrogen-bond donors (Lipinski definition) is 1. The van der Waals surface area contributed by atoms with Crippen molar-refractivity contribution in [2.24, 2.45) is 0 Å². The maximum Gasteiger partial charge on any atom is 0.250 e. The van der Waals surface area contributed by atoms with Crippen LogP contribution in [0, 0.1) is 5.82 Å². The third-order valence-electron chi connectivity index (χ3n) is 4.97. The van der Waals surface area contributed by atoms with Crippen LogP contribution in [-0.4, -0.2) is 43.1 Å². The first kappa shape index (κ1) is 20.2. The third-order valence-corrected chi connectivity index (χ3v) is 6.35. The molecule has 9 heteroatoms. The molecule has 2 aromatic carbocycles. The van der Waals surface area contributed by atoms with Gasteiger partial charge in [0.05, 0.1) is 11.2 Å². The average molecular weight is 428 g/mol. The van der Waals surface area contributed by atoms with Crippen molar-refractivity contribution in [2.45, 2.75) is 24.4 Å². The second kappa shape index (κ2) is 8.35. The van der Waals surface area contributed by atoms with Gasteiger partial charge in [0, 0.05) is 18.5 Å². The van der Waals surface area contributed by atoms with Gasteiger partial charge in [0.25, 0.3) is 0 Å². The number of hydrogen-bond acceptors (Lipinski definition) is 6. The van der Waals surface area contributed by atoms with Gasteiger partial charge in [-0.1, -0.05) is 24.3 Å². The molecule has 1 aliphatic heterocycles. The van der Waals surface area contributed by atoms with Gasteiger partial charge in [0.2, 0.25) is 20.9 Å². The van der Waals surface area contributed by atoms with Gasteiger partial charge in [0.1, 0.15) is 17.4 Å². The number of aromatic nitrogens is 2. The summed E-state index contributed by atoms with van der Waals surface area (Å²) in [4.78, 5) is 22.9. The van der Waals surface area contributed by atoms with Crippen molar-refractivity contribution in [1.29, 1.82) is 0 Å². The highest BCUT2D eigenvalue weighted by Gasteiger charge is 2.26. The summed E-state index contributed by atoms with van der Waals surface area (Å²) in [5, 5.41) is 2.67. The summed E-state index contributed by atoms with van der Waals surface area (Å²) < 4.78 is 39.5. The van der Waals surface area contributed by atoms with Gasteiger partial charge in [-0.15, -0.1) is 0 Å². The van der Waals surface area contributed by atoms with E-state index >= 15 is 0 Å². The zero-order valence-electron chi connectivity index (χ0n) is 16.2. The smallest absolute Gasteiger partial charge is 0.250 e. The van der Waals surface area contributed by atoms with E-state index in [-0.39, 0.29) is 5.69 Å². The highest BCUT2D eigenvalue weighted by molar-refractivity contribution is 7.92. The van der Waals surface area contributed by atoms with Crippen LogP contribution in [0.1, 0.15) is 19.3 Å². The van der Waals surface area contributed by atoms with Crippen LogP contribution in [0.4, 0.5) is 15.9 Å². The summed E-state index contributed by atoms with van der Waals surface area (Å²) in [5.41, 5.74) is 0.423. The second-order valence-electron chi connectivity index (χ2n) is 7.18. The Morgan fingerprint density at radius 1 is 1.00 bits per heavy atom. The molecular weight excluding hydrogens is 407 g/mol. The number of halogens is 1. The van der Waals surface area contributed by atoms with Crippen molar-refractivity contribution in [3.63, 3.8) is 0 Å². The molecule has 0 aliphatic carbocycles. The van der Waals surface area contributed by atoms with Crippen molar-refractivity contribution in [3.05, 3.63) is 54.3 Å². The highest BCUT2D eigenvalue weighted by atomic mass is 32.2. The van der Waals surface area contributed by atoms with E-state index in [4.69, 9.17) is 0 Å². The summed E-state index contributed by atoms with van der Waals surface area (Å²) in [6.07, 6.45) is 3.14. The predicted molar refractivity (Wildman–Crippen MR) is 113 cm³/mol. The Balaban J connectivity index is 1.65. The molecule has 0 bridgehead atoms. The first-order chi connectivity index (χ1) is 14.4. The molecule has 1 saturated heterocycles. The molecule has 1 aliphatic rings. The molecular formula is C21H21FN4O3S. The van der Waals surface area contributed by atoms with Crippen molar-refractivity contribution < 1.29 is 17.6 Å². The van der Waals surface area contributed by atoms with Crippen LogP contribution in [0.15, 0.2) is 53.7 Å². The summed E-state index contributed by atoms with van der Waals surface area (Å²) in [6.45, 7) is 1.57. The number of carbonyl (C=O) groups excluding carboxylic acids is 1. The van der Waals surface area contributed by atoms with Gasteiger partial charge >= 0.3 is 0 Å². The normalized spacial score (nSPS) is 14.6. The van der Waals surface area contributed by atoms with Crippen molar-refractivity contribution in [2.75, 3.05) is 29.1 Å². The largest absolute Gasteiger partial charge is 0.356 e. The molecule has 0 unspecified atom stereocenters. The second-order valence-corrected chi connectivity index (χ2v) is 9.07. The van der Waals surface area contributed by atoms with Crippen LogP contribution in [0.25, 0.3) is 10.9 Å². The third kappa shape index (κ3) is 4.25. The SMILES string of the molecule is O=C(CS(=O)(=O)c1nc(N2CCCCC2)c2ccccc2n1)Nc1ccccc1F. The standard InChI is InChI=1S/C21H21FN4O3S/c22-16-9-3-5-11-18(16)23-19(27)14-30(28,29)21-24-17-10-4-2-8-15(17)20(25-21)26-12-6-1-7-13-26/h2-5,8-11H,1,6-7,12-14H2,(H,23,27). The topological polar surface area (TPSA) is 92.3 Å². The lowest BCUT2D eigenvalue weighted by molar-refractivity contribution is -0.113. The maximum absolute atomic E-state index is 13.7. The summed E-state index contributed by atoms with van der Waals surface area (Å²) >= 11 is 0. The zero-order chi connectivity index (χ0) is 21.1. The zero-order valence-corrected chi connectivity index (χ0v) is 17.0. The molecule has 4 rings (SSSR count). The number of sulfone groups is 1. The van der Waals surface area contributed by atoms with E-state index < -0.39 is 32.5 Å². The molecule has 0 spiro atoms. The lowest BCUT2D eigenvalue weighted by atomic mass is 10.1. The quantitative estimate of drug-likeness (QED) is 0.628. The van der Waals surface area contributed by atoms with Crippen LogP contribution >= 0.6 is 0 Å². The van der Waals surface area contributed by atoms with E-state index in [9.17, 15) is 17.6 Å². The number of rotatable bonds is 5. The molecule has 156 valence electrons. The Bertz CT molecular complexity index is 1190. The van der Waals surface area contributed by atoms with E-state index in [2.05, 4.69) is 20.2 Å². The van der Waals surface area contributed by atoms with Crippen molar-refractivity contribution in [1.82, 2.24) is 9.97 Å². The van der Waals surface area contributed by atoms with E-state index in [0.717, 1.165) is 37.7 Å². The first-order valence-corrected chi connectivity index (χ1v) is 11.4. The molecule has 2 heterocycles. The molecule has 7 nitrogen and oxygen atoms in total. The summed E-state index contributed by atoms with van der Waals surface area (Å²) in [7, 11) is -4.13. The number of para-hydroxylation sites is 2. The Morgan fingerprint density at radius 2 is 1.70 bits per heavy atom. The minimum absolute atomic E-state index is 0.0777. The lowest BCUT2D eigenvalue weighted by Crippen LogP contribution is -2.31. The Kier molecular flexibility index (Phi) is 5.63. The van der Waals surface area contributed by atoms with Gasteiger partial charge < -0.3 is 10.2 Å². The minimum atomic E-state index is -4.13. The number of nitrogens with one attached hydrogen (secondary N) is 1. The van der Waals surface area contributed by atoms with Crippen LogP contribution in [0.5, 0.6) is 0 Å². The van der Waals surface area contributed by atoms with Crippen LogP contribution < -0.4 is 10.2 Å². The fourth-order valence-corrected chi connectivity index (χ4v) is 4.52. The maximum atomic E-state index is 13.7. The predicted octanol–water partition coefficient (Wildman–Crippen LogP) is 3.17. The fraction of sp³-hybridized carbons (Fsp3) is 0.286. The molecule has 3 aromatic rings. The van der Waals surface area contributed by atoms with Crippen molar-refractivity contribution in [3.8, 4) is 0 Å². The van der Waals surface area contributed by atoms with Gasteiger partial charge in [0.15, 0.2) is 0 Å². The fourth-order valence-electron chi connectivity index (χ4n) is 3.51. The molecule has 0 radical (unpaired) electrons. The monoisotopic (exact) mass is 428 g/mol. The number of benzene rings is 2. The first-order valence-electron chi connectivity index (χ1n) is 9.73. The van der Waals surface area contributed by atoms with E-state index in [1.807, 2.05) is 12.1 Å². The van der Waals surface area contributed by atoms with Gasteiger partial charge in [-0.3, -0.25) is 4.79 Å². The van der Waals surface area contributed by atoms with Gasteiger partial charge in [-0.05, 0) is 43.5 Å². The Labute approximate surface area is 173 Å². The molecule has 0 saturated carbocycles. The molecule has 1 amide bonds. The number of amides is 1. The van der Waals surface area contributed by atoms with Crippen molar-refractivity contribution >= 4 is 38.2 Å². The molecule has 30 heavy (non-hydrogen) atoms. The Morgan fingerprint density at radius 3 is 2.47 bits per heavy atom. The lowest BCUT2D eigenvalue weighted by Gasteiger charge is -2.28. The number of fused-ring (bicyclic) bond motifs is 1. The molecule has 0 atom stereocenters. The number of nitrogens with zero attached hydrogens (tertiary/aromatic N) is 3. The van der Waals surface area contributed by atoms with E-state index in [1.54, 1.807) is 18.2 Å². The summed E-state index contributed by atoms with van der Waals surface area (Å²) in [6, 6.07) is 12.8. The van der Waals surface area contributed by atoms with E-state index in [1.165, 1.54) is 18.2 Å².